The van der Waals surface area contributed by atoms with Crippen LogP contribution in [0.4, 0.5) is 5.82 Å². The van der Waals surface area contributed by atoms with Crippen molar-refractivity contribution in [1.29, 1.82) is 0 Å². The topological polar surface area (TPSA) is 87.7 Å². The molecular weight excluding hydrogens is 422 g/mol. The van der Waals surface area contributed by atoms with E-state index in [1.165, 1.54) is 10.4 Å². The van der Waals surface area contributed by atoms with Crippen LogP contribution in [0.3, 0.4) is 0 Å². The van der Waals surface area contributed by atoms with Gasteiger partial charge in [0.05, 0.1) is 15.0 Å². The molecule has 0 amide bonds. The second-order valence-electron chi connectivity index (χ2n) is 6.93. The Labute approximate surface area is 169 Å². The molecule has 10 heteroatoms. The van der Waals surface area contributed by atoms with E-state index in [1.807, 2.05) is 4.90 Å². The Kier molecular flexibility index (Phi) is 5.11. The highest BCUT2D eigenvalue weighted by Gasteiger charge is 2.37. The number of benzene rings is 1. The fourth-order valence-electron chi connectivity index (χ4n) is 3.26. The van der Waals surface area contributed by atoms with Crippen LogP contribution in [-0.2, 0) is 19.9 Å². The number of pyridine rings is 1. The third kappa shape index (κ3) is 3.76. The quantitative estimate of drug-likeness (QED) is 0.661. The first kappa shape index (κ1) is 19.6. The molecule has 2 fully saturated rings. The van der Waals surface area contributed by atoms with Crippen LogP contribution < -0.4 is 4.90 Å². The van der Waals surface area contributed by atoms with Crippen molar-refractivity contribution in [1.82, 2.24) is 9.29 Å². The van der Waals surface area contributed by atoms with Crippen LogP contribution >= 0.6 is 11.6 Å². The number of piperazine rings is 1. The number of sulfone groups is 1. The molecular formula is C18H20ClN3O4S2. The Morgan fingerprint density at radius 3 is 2.14 bits per heavy atom. The molecule has 0 spiro atoms. The van der Waals surface area contributed by atoms with Gasteiger partial charge in [-0.25, -0.2) is 21.8 Å². The molecule has 1 aliphatic carbocycles. The number of hydrogen-bond acceptors (Lipinski definition) is 6. The average Bonchev–Trinajstić information content (AvgIpc) is 3.54. The third-order valence-electron chi connectivity index (χ3n) is 4.99. The van der Waals surface area contributed by atoms with Crippen molar-refractivity contribution in [2.45, 2.75) is 27.9 Å². The first-order chi connectivity index (χ1) is 13.3. The molecule has 0 radical (unpaired) electrons. The van der Waals surface area contributed by atoms with E-state index in [0.717, 1.165) is 0 Å². The summed E-state index contributed by atoms with van der Waals surface area (Å²) in [5.74, 6) is 0.462. The summed E-state index contributed by atoms with van der Waals surface area (Å²) in [6.07, 6.45) is 1.35. The minimum atomic E-state index is -3.55. The van der Waals surface area contributed by atoms with Gasteiger partial charge in [-0.3, -0.25) is 0 Å². The molecule has 1 saturated carbocycles. The van der Waals surface area contributed by atoms with Gasteiger partial charge in [0, 0.05) is 26.2 Å². The van der Waals surface area contributed by atoms with E-state index >= 15 is 0 Å². The maximum atomic E-state index is 12.7. The molecule has 0 unspecified atom stereocenters. The number of sulfonamides is 1. The largest absolute Gasteiger partial charge is 0.354 e. The van der Waals surface area contributed by atoms with Gasteiger partial charge in [-0.2, -0.15) is 4.31 Å². The second-order valence-corrected chi connectivity index (χ2v) is 11.5. The van der Waals surface area contributed by atoms with Crippen molar-refractivity contribution in [3.05, 3.63) is 47.6 Å². The van der Waals surface area contributed by atoms with Crippen LogP contribution in [0.25, 0.3) is 0 Å². The van der Waals surface area contributed by atoms with E-state index in [9.17, 15) is 16.8 Å². The number of nitrogens with zero attached hydrogens (tertiary/aromatic N) is 3. The summed E-state index contributed by atoms with van der Waals surface area (Å²) in [6.45, 7) is 1.39. The minimum absolute atomic E-state index is 0.121. The number of anilines is 1. The van der Waals surface area contributed by atoms with Gasteiger partial charge in [-0.1, -0.05) is 29.8 Å². The lowest BCUT2D eigenvalue weighted by molar-refractivity contribution is 0.383. The summed E-state index contributed by atoms with van der Waals surface area (Å²) in [4.78, 5) is 6.58. The molecule has 2 heterocycles. The van der Waals surface area contributed by atoms with Crippen molar-refractivity contribution >= 4 is 37.3 Å². The Bertz CT molecular complexity index is 1080. The van der Waals surface area contributed by atoms with Crippen LogP contribution in [0.1, 0.15) is 12.8 Å². The molecule has 28 heavy (non-hydrogen) atoms. The first-order valence-corrected chi connectivity index (χ1v) is 12.4. The molecule has 2 aromatic rings. The summed E-state index contributed by atoms with van der Waals surface area (Å²) < 4.78 is 52.0. The van der Waals surface area contributed by atoms with Crippen LogP contribution in [0.2, 0.25) is 5.15 Å². The molecule has 0 bridgehead atoms. The lowest BCUT2D eigenvalue weighted by atomic mass is 10.3. The van der Waals surface area contributed by atoms with E-state index < -0.39 is 19.9 Å². The highest BCUT2D eigenvalue weighted by atomic mass is 35.5. The zero-order chi connectivity index (χ0) is 19.9. The average molecular weight is 442 g/mol. The molecule has 2 aliphatic rings. The molecule has 1 aromatic carbocycles. The van der Waals surface area contributed by atoms with Gasteiger partial charge in [0.15, 0.2) is 9.84 Å². The standard InChI is InChI=1S/C18H20ClN3O4S2/c19-17-12-16(27(23,24)14-6-7-14)13-18(20-17)21-8-10-22(11-9-21)28(25,26)15-4-2-1-3-5-15/h1-5,12-14H,6-11H2. The Hall–Kier alpha value is -1.68. The summed E-state index contributed by atoms with van der Waals surface area (Å²) in [5, 5.41) is -0.206. The van der Waals surface area contributed by atoms with E-state index in [4.69, 9.17) is 11.6 Å². The summed E-state index contributed by atoms with van der Waals surface area (Å²) >= 11 is 6.07. The predicted octanol–water partition coefficient (Wildman–Crippen LogP) is 2.18. The van der Waals surface area contributed by atoms with Crippen LogP contribution in [0.15, 0.2) is 52.3 Å². The Balaban J connectivity index is 1.52. The minimum Gasteiger partial charge on any atom is -0.354 e. The van der Waals surface area contributed by atoms with Crippen molar-refractivity contribution in [3.8, 4) is 0 Å². The lowest BCUT2D eigenvalue weighted by Gasteiger charge is -2.34. The summed E-state index contributed by atoms with van der Waals surface area (Å²) in [5.41, 5.74) is 0. The maximum absolute atomic E-state index is 12.7. The smallest absolute Gasteiger partial charge is 0.243 e. The van der Waals surface area contributed by atoms with Gasteiger partial charge in [0.25, 0.3) is 0 Å². The number of aromatic nitrogens is 1. The summed E-state index contributed by atoms with van der Waals surface area (Å²) in [6, 6.07) is 11.2. The number of hydrogen-bond donors (Lipinski definition) is 0. The zero-order valence-corrected chi connectivity index (χ0v) is 17.4. The van der Waals surface area contributed by atoms with Gasteiger partial charge in [0.2, 0.25) is 10.0 Å². The van der Waals surface area contributed by atoms with E-state index in [1.54, 1.807) is 36.4 Å². The van der Waals surface area contributed by atoms with Crippen molar-refractivity contribution < 1.29 is 16.8 Å². The molecule has 4 rings (SSSR count). The fourth-order valence-corrected chi connectivity index (χ4v) is 6.66. The van der Waals surface area contributed by atoms with Crippen LogP contribution in [0.5, 0.6) is 0 Å². The second kappa shape index (κ2) is 7.29. The molecule has 0 atom stereocenters. The summed E-state index contributed by atoms with van der Waals surface area (Å²) in [7, 11) is -6.92. The van der Waals surface area contributed by atoms with Gasteiger partial charge in [-0.05, 0) is 37.1 Å². The Morgan fingerprint density at radius 2 is 1.54 bits per heavy atom. The van der Waals surface area contributed by atoms with Crippen LogP contribution in [-0.4, -0.2) is 57.6 Å². The maximum Gasteiger partial charge on any atom is 0.243 e. The molecule has 0 N–H and O–H groups in total. The predicted molar refractivity (Wildman–Crippen MR) is 107 cm³/mol. The van der Waals surface area contributed by atoms with Crippen molar-refractivity contribution in [2.24, 2.45) is 0 Å². The lowest BCUT2D eigenvalue weighted by Crippen LogP contribution is -2.49. The fraction of sp³-hybridized carbons (Fsp3) is 0.389. The highest BCUT2D eigenvalue weighted by molar-refractivity contribution is 7.92. The van der Waals surface area contributed by atoms with Gasteiger partial charge < -0.3 is 4.90 Å². The van der Waals surface area contributed by atoms with Gasteiger partial charge >= 0.3 is 0 Å². The zero-order valence-electron chi connectivity index (χ0n) is 15.0. The first-order valence-electron chi connectivity index (χ1n) is 9.00. The highest BCUT2D eigenvalue weighted by Crippen LogP contribution is 2.35. The van der Waals surface area contributed by atoms with Crippen LogP contribution in [0, 0.1) is 0 Å². The van der Waals surface area contributed by atoms with Crippen molar-refractivity contribution in [2.75, 3.05) is 31.1 Å². The van der Waals surface area contributed by atoms with Crippen molar-refractivity contribution in [3.63, 3.8) is 0 Å². The Morgan fingerprint density at radius 1 is 0.893 bits per heavy atom. The van der Waals surface area contributed by atoms with E-state index in [0.29, 0.717) is 31.7 Å². The molecule has 1 aliphatic heterocycles. The molecule has 7 nitrogen and oxygen atoms in total. The van der Waals surface area contributed by atoms with E-state index in [2.05, 4.69) is 4.98 Å². The SMILES string of the molecule is O=S(=O)(c1cc(Cl)nc(N2CCN(S(=O)(=O)c3ccccc3)CC2)c1)C1CC1. The normalized spacial score (nSPS) is 19.0. The van der Waals surface area contributed by atoms with E-state index in [-0.39, 0.29) is 33.3 Å². The number of rotatable bonds is 5. The third-order valence-corrected chi connectivity index (χ3v) is 9.34. The molecule has 150 valence electrons. The monoisotopic (exact) mass is 441 g/mol. The van der Waals surface area contributed by atoms with Gasteiger partial charge in [-0.15, -0.1) is 0 Å². The molecule has 1 saturated heterocycles. The number of halogens is 1. The molecule has 1 aromatic heterocycles. The van der Waals surface area contributed by atoms with Gasteiger partial charge in [0.1, 0.15) is 11.0 Å².